The van der Waals surface area contributed by atoms with Crippen molar-refractivity contribution in [1.29, 1.82) is 0 Å². The van der Waals surface area contributed by atoms with Crippen molar-refractivity contribution in [2.45, 2.75) is 19.9 Å². The average Bonchev–Trinajstić information content (AvgIpc) is 2.91. The number of para-hydroxylation sites is 1. The number of hydrogen-bond donors (Lipinski definition) is 2. The summed E-state index contributed by atoms with van der Waals surface area (Å²) < 4.78 is 0.905. The van der Waals surface area contributed by atoms with Crippen LogP contribution in [-0.4, -0.2) is 17.8 Å². The molecule has 3 aromatic rings. The number of thiophene rings is 1. The highest BCUT2D eigenvalue weighted by Crippen LogP contribution is 2.36. The summed E-state index contributed by atoms with van der Waals surface area (Å²) in [6.45, 7) is 3.94. The molecule has 2 aromatic carbocycles. The highest BCUT2D eigenvalue weighted by atomic mass is 35.5. The number of aliphatic imine (C=N–C) groups is 1. The summed E-state index contributed by atoms with van der Waals surface area (Å²) in [6, 6.07) is 15.1. The van der Waals surface area contributed by atoms with Crippen LogP contribution in [-0.2, 0) is 0 Å². The molecule has 0 saturated heterocycles. The molecule has 0 unspecified atom stereocenters. The number of amidine groups is 1. The summed E-state index contributed by atoms with van der Waals surface area (Å²) in [5.74, 6) is 0.263. The van der Waals surface area contributed by atoms with Gasteiger partial charge in [-0.2, -0.15) is 0 Å². The van der Waals surface area contributed by atoms with E-state index in [4.69, 9.17) is 17.3 Å². The summed E-state index contributed by atoms with van der Waals surface area (Å²) in [4.78, 5) is 17.4. The van der Waals surface area contributed by atoms with Gasteiger partial charge in [0.1, 0.15) is 10.7 Å². The number of nitrogens with zero attached hydrogens (tertiary/aromatic N) is 1. The minimum atomic E-state index is -0.220. The average molecular weight is 372 g/mol. The maximum atomic E-state index is 12.5. The van der Waals surface area contributed by atoms with Crippen molar-refractivity contribution < 1.29 is 4.79 Å². The Balaban J connectivity index is 1.95. The molecule has 1 amide bonds. The van der Waals surface area contributed by atoms with Gasteiger partial charge in [0.15, 0.2) is 0 Å². The van der Waals surface area contributed by atoms with Gasteiger partial charge in [0.2, 0.25) is 0 Å². The molecular formula is C19H18ClN3OS. The Bertz CT molecular complexity index is 948. The number of nitrogens with one attached hydrogen (secondary N) is 1. The van der Waals surface area contributed by atoms with Gasteiger partial charge in [-0.25, -0.2) is 0 Å². The van der Waals surface area contributed by atoms with Gasteiger partial charge in [0.25, 0.3) is 5.91 Å². The van der Waals surface area contributed by atoms with E-state index in [-0.39, 0.29) is 11.9 Å². The molecule has 0 saturated carbocycles. The number of carbonyl (C=O) groups excluding carboxylic acids is 1. The number of anilines is 1. The van der Waals surface area contributed by atoms with Crippen molar-refractivity contribution in [3.05, 3.63) is 64.0 Å². The fourth-order valence-electron chi connectivity index (χ4n) is 2.43. The fourth-order valence-corrected chi connectivity index (χ4v) is 3.88. The summed E-state index contributed by atoms with van der Waals surface area (Å²) in [7, 11) is 0. The normalized spacial score (nSPS) is 11.9. The van der Waals surface area contributed by atoms with E-state index in [9.17, 15) is 4.79 Å². The maximum absolute atomic E-state index is 12.5. The molecule has 0 spiro atoms. The number of halogens is 1. The molecule has 6 heteroatoms. The molecule has 0 aliphatic carbocycles. The minimum absolute atomic E-state index is 0.120. The molecule has 3 N–H and O–H groups in total. The Kier molecular flexibility index (Phi) is 5.06. The lowest BCUT2D eigenvalue weighted by Crippen LogP contribution is -2.15. The van der Waals surface area contributed by atoms with Gasteiger partial charge < -0.3 is 11.1 Å². The van der Waals surface area contributed by atoms with Crippen molar-refractivity contribution in [2.75, 3.05) is 5.32 Å². The molecule has 0 bridgehead atoms. The van der Waals surface area contributed by atoms with Crippen LogP contribution in [0.3, 0.4) is 0 Å². The molecule has 25 heavy (non-hydrogen) atoms. The van der Waals surface area contributed by atoms with Crippen LogP contribution in [0.4, 0.5) is 5.69 Å². The first-order chi connectivity index (χ1) is 12.0. The molecule has 0 fully saturated rings. The van der Waals surface area contributed by atoms with Crippen LogP contribution in [0.5, 0.6) is 0 Å². The Labute approximate surface area is 155 Å². The zero-order chi connectivity index (χ0) is 18.0. The molecule has 4 nitrogen and oxygen atoms in total. The van der Waals surface area contributed by atoms with E-state index in [2.05, 4.69) is 10.3 Å². The second-order valence-electron chi connectivity index (χ2n) is 5.88. The highest BCUT2D eigenvalue weighted by Gasteiger charge is 2.18. The SMILES string of the molecule is CC(C)N=C(N)c1ccc2c(Cl)c(C(=O)Nc3ccccc3)sc2c1. The lowest BCUT2D eigenvalue weighted by Gasteiger charge is -2.03. The van der Waals surface area contributed by atoms with Gasteiger partial charge in [-0.05, 0) is 32.0 Å². The number of nitrogens with two attached hydrogens (primary N) is 1. The number of fused-ring (bicyclic) bond motifs is 1. The van der Waals surface area contributed by atoms with Crippen molar-refractivity contribution in [3.8, 4) is 0 Å². The van der Waals surface area contributed by atoms with E-state index < -0.39 is 0 Å². The van der Waals surface area contributed by atoms with Crippen LogP contribution in [0.2, 0.25) is 5.02 Å². The zero-order valence-electron chi connectivity index (χ0n) is 13.9. The first-order valence-corrected chi connectivity index (χ1v) is 9.07. The Morgan fingerprint density at radius 1 is 1.20 bits per heavy atom. The third kappa shape index (κ3) is 3.83. The predicted octanol–water partition coefficient (Wildman–Crippen LogP) is 4.92. The standard InChI is InChI=1S/C19H18ClN3OS/c1-11(2)22-18(21)12-8-9-14-15(10-12)25-17(16(14)20)19(24)23-13-6-4-3-5-7-13/h3-11H,1-2H3,(H2,21,22)(H,23,24). The van der Waals surface area contributed by atoms with E-state index in [1.165, 1.54) is 11.3 Å². The number of hydrogen-bond acceptors (Lipinski definition) is 3. The zero-order valence-corrected chi connectivity index (χ0v) is 15.5. The largest absolute Gasteiger partial charge is 0.383 e. The van der Waals surface area contributed by atoms with Crippen LogP contribution in [0.15, 0.2) is 53.5 Å². The molecule has 0 aliphatic heterocycles. The molecule has 128 valence electrons. The van der Waals surface area contributed by atoms with E-state index in [1.54, 1.807) is 0 Å². The molecule has 3 rings (SSSR count). The first-order valence-electron chi connectivity index (χ1n) is 7.88. The van der Waals surface area contributed by atoms with E-state index in [0.29, 0.717) is 15.7 Å². The first kappa shape index (κ1) is 17.5. The number of benzene rings is 2. The van der Waals surface area contributed by atoms with Gasteiger partial charge in [0.05, 0.1) is 5.02 Å². The van der Waals surface area contributed by atoms with Crippen LogP contribution in [0, 0.1) is 0 Å². The number of amides is 1. The van der Waals surface area contributed by atoms with Crippen LogP contribution < -0.4 is 11.1 Å². The van der Waals surface area contributed by atoms with Crippen molar-refractivity contribution in [1.82, 2.24) is 0 Å². The lowest BCUT2D eigenvalue weighted by molar-refractivity contribution is 0.103. The van der Waals surface area contributed by atoms with E-state index in [1.807, 2.05) is 62.4 Å². The molecule has 0 aliphatic rings. The van der Waals surface area contributed by atoms with Gasteiger partial charge >= 0.3 is 0 Å². The molecular weight excluding hydrogens is 354 g/mol. The smallest absolute Gasteiger partial charge is 0.267 e. The summed E-state index contributed by atoms with van der Waals surface area (Å²) in [5, 5.41) is 4.16. The van der Waals surface area contributed by atoms with Crippen molar-refractivity contribution >= 4 is 50.5 Å². The van der Waals surface area contributed by atoms with Gasteiger partial charge in [-0.15, -0.1) is 11.3 Å². The molecule has 0 radical (unpaired) electrons. The second kappa shape index (κ2) is 7.25. The third-order valence-electron chi connectivity index (χ3n) is 3.56. The monoisotopic (exact) mass is 371 g/mol. The third-order valence-corrected chi connectivity index (χ3v) is 5.22. The van der Waals surface area contributed by atoms with Crippen molar-refractivity contribution in [2.24, 2.45) is 10.7 Å². The van der Waals surface area contributed by atoms with Crippen molar-refractivity contribution in [3.63, 3.8) is 0 Å². The Morgan fingerprint density at radius 2 is 1.92 bits per heavy atom. The van der Waals surface area contributed by atoms with E-state index in [0.717, 1.165) is 21.3 Å². The summed E-state index contributed by atoms with van der Waals surface area (Å²) >= 11 is 7.77. The van der Waals surface area contributed by atoms with Gasteiger partial charge in [-0.1, -0.05) is 41.9 Å². The minimum Gasteiger partial charge on any atom is -0.383 e. The summed E-state index contributed by atoms with van der Waals surface area (Å²) in [6.07, 6.45) is 0. The number of carbonyl (C=O) groups is 1. The Hall–Kier alpha value is -2.37. The summed E-state index contributed by atoms with van der Waals surface area (Å²) in [5.41, 5.74) is 7.60. The van der Waals surface area contributed by atoms with Crippen LogP contribution in [0.1, 0.15) is 29.1 Å². The topological polar surface area (TPSA) is 67.5 Å². The molecule has 1 heterocycles. The van der Waals surface area contributed by atoms with Gasteiger partial charge in [0, 0.05) is 27.4 Å². The molecule has 1 aromatic heterocycles. The van der Waals surface area contributed by atoms with Crippen LogP contribution >= 0.6 is 22.9 Å². The van der Waals surface area contributed by atoms with E-state index >= 15 is 0 Å². The second-order valence-corrected chi connectivity index (χ2v) is 7.31. The molecule has 0 atom stereocenters. The quantitative estimate of drug-likeness (QED) is 0.504. The maximum Gasteiger partial charge on any atom is 0.267 e. The Morgan fingerprint density at radius 3 is 2.60 bits per heavy atom. The predicted molar refractivity (Wildman–Crippen MR) is 107 cm³/mol. The fraction of sp³-hybridized carbons (Fsp3) is 0.158. The number of rotatable bonds is 4. The van der Waals surface area contributed by atoms with Crippen LogP contribution in [0.25, 0.3) is 10.1 Å². The highest BCUT2D eigenvalue weighted by molar-refractivity contribution is 7.21. The van der Waals surface area contributed by atoms with Gasteiger partial charge in [-0.3, -0.25) is 9.79 Å². The lowest BCUT2D eigenvalue weighted by atomic mass is 10.1.